The van der Waals surface area contributed by atoms with Crippen LogP contribution >= 0.6 is 0 Å². The lowest BCUT2D eigenvalue weighted by molar-refractivity contribution is 2.15. The first-order chi connectivity index (χ1) is 2.43. The molecule has 1 aromatic carbocycles. The molecule has 0 heteroatoms. The van der Waals surface area contributed by atoms with Gasteiger partial charge in [0.15, 0.2) is 0 Å². The van der Waals surface area contributed by atoms with Gasteiger partial charge in [0, 0.05) is 0 Å². The summed E-state index contributed by atoms with van der Waals surface area (Å²) >= 11 is 0. The van der Waals surface area contributed by atoms with Crippen LogP contribution in [-0.4, -0.2) is 0 Å². The quantitative estimate of drug-likeness (QED) is 0.308. The smallest absolute Gasteiger partial charge is 0.211 e. The minimum absolute atomic E-state index is 0.921. The fourth-order valence-corrected chi connectivity index (χ4v) is 0.125. The van der Waals surface area contributed by atoms with Crippen molar-refractivity contribution in [2.24, 2.45) is 0 Å². The third-order valence-electron chi connectivity index (χ3n) is 0.478. The van der Waals surface area contributed by atoms with E-state index in [4.69, 9.17) is 6.42 Å². The van der Waals surface area contributed by atoms with Gasteiger partial charge in [-0.25, -0.2) is 0 Å². The first kappa shape index (κ1) is 2.41. The van der Waals surface area contributed by atoms with E-state index in [1.165, 1.54) is 0 Å². The van der Waals surface area contributed by atoms with Crippen molar-refractivity contribution >= 4 is 0 Å². The van der Waals surface area contributed by atoms with Crippen LogP contribution in [0.4, 0.5) is 0 Å². The zero-order chi connectivity index (χ0) is 3.70. The molecule has 0 aliphatic heterocycles. The Hall–Kier alpha value is -0.830. The Labute approximate surface area is 31.1 Å². The number of hydrogen-bond donors (Lipinski definition) is 0. The summed E-state index contributed by atoms with van der Waals surface area (Å²) in [6.45, 7) is 0. The molecular formula is C5H2. The molecule has 0 fully saturated rings. The fraction of sp³-hybridized carbons (Fsp3) is 0. The maximum Gasteiger partial charge on any atom is 0.211 e. The first-order valence-electron chi connectivity index (χ1n) is 1.41. The monoisotopic (exact) mass is 62.0 g/mol. The van der Waals surface area contributed by atoms with Gasteiger partial charge in [0.2, 0.25) is 5.56 Å². The summed E-state index contributed by atoms with van der Waals surface area (Å²) in [7, 11) is 0. The Morgan fingerprint density at radius 3 is 2.60 bits per heavy atom. The maximum atomic E-state index is 6.37. The van der Waals surface area contributed by atoms with Crippen LogP contribution < -0.4 is 0 Å². The van der Waals surface area contributed by atoms with Crippen LogP contribution in [0.1, 0.15) is 5.56 Å². The molecule has 0 radical (unpaired) electrons. The Bertz CT molecular complexity index is 112. The van der Waals surface area contributed by atoms with Crippen LogP contribution in [-0.2, 0) is 0 Å². The van der Waals surface area contributed by atoms with Gasteiger partial charge in [0.05, 0.1) is 0 Å². The Morgan fingerprint density at radius 1 is 2.00 bits per heavy atom. The SMILES string of the molecule is [C-]#Cc1c[cH+]1. The Balaban J connectivity index is 2.76. The maximum absolute atomic E-state index is 6.37. The van der Waals surface area contributed by atoms with E-state index in [2.05, 4.69) is 5.92 Å². The number of rotatable bonds is 0. The van der Waals surface area contributed by atoms with E-state index in [-0.39, 0.29) is 0 Å². The highest BCUT2D eigenvalue weighted by molar-refractivity contribution is 5.37. The van der Waals surface area contributed by atoms with E-state index >= 15 is 0 Å². The third kappa shape index (κ3) is 0.250. The molecule has 0 heterocycles. The van der Waals surface area contributed by atoms with E-state index in [0.29, 0.717) is 0 Å². The number of hydrogen-bond acceptors (Lipinski definition) is 0. The summed E-state index contributed by atoms with van der Waals surface area (Å²) in [6.07, 6.45) is 6.37. The van der Waals surface area contributed by atoms with Gasteiger partial charge in [-0.2, -0.15) is 0 Å². The van der Waals surface area contributed by atoms with Gasteiger partial charge in [-0.15, -0.1) is 0 Å². The molecule has 0 saturated heterocycles. The lowest BCUT2D eigenvalue weighted by Gasteiger charge is -1.35. The summed E-state index contributed by atoms with van der Waals surface area (Å²) in [5.41, 5.74) is 0.921. The van der Waals surface area contributed by atoms with Crippen molar-refractivity contribution in [2.45, 2.75) is 0 Å². The third-order valence-corrected chi connectivity index (χ3v) is 0.478. The van der Waals surface area contributed by atoms with Crippen molar-refractivity contribution in [3.8, 4) is 5.92 Å². The molecule has 1 aromatic rings. The van der Waals surface area contributed by atoms with Crippen LogP contribution in [0, 0.1) is 12.3 Å². The van der Waals surface area contributed by atoms with Gasteiger partial charge in [0.25, 0.3) is 0 Å². The molecule has 0 N–H and O–H groups in total. The van der Waals surface area contributed by atoms with Crippen LogP contribution in [0.15, 0.2) is 12.1 Å². The summed E-state index contributed by atoms with van der Waals surface area (Å²) in [5.74, 6) is 2.19. The van der Waals surface area contributed by atoms with E-state index in [1.807, 2.05) is 12.1 Å². The molecule has 0 spiro atoms. The van der Waals surface area contributed by atoms with Gasteiger partial charge in [0.1, 0.15) is 12.1 Å². The van der Waals surface area contributed by atoms with Crippen molar-refractivity contribution in [1.82, 2.24) is 0 Å². The molecule has 0 saturated carbocycles. The van der Waals surface area contributed by atoms with E-state index in [9.17, 15) is 0 Å². The minimum atomic E-state index is 0.921. The van der Waals surface area contributed by atoms with Gasteiger partial charge in [-0.1, -0.05) is 0 Å². The molecule has 0 nitrogen and oxygen atoms in total. The minimum Gasteiger partial charge on any atom is -0.258 e. The second kappa shape index (κ2) is 0.558. The summed E-state index contributed by atoms with van der Waals surface area (Å²) in [5, 5.41) is 0. The van der Waals surface area contributed by atoms with E-state index in [0.717, 1.165) is 5.56 Å². The normalized spacial score (nSPS) is 7.80. The Morgan fingerprint density at radius 2 is 2.60 bits per heavy atom. The fourth-order valence-electron chi connectivity index (χ4n) is 0.125. The molecule has 0 aliphatic carbocycles. The van der Waals surface area contributed by atoms with E-state index in [1.54, 1.807) is 0 Å². The van der Waals surface area contributed by atoms with Crippen molar-refractivity contribution in [1.29, 1.82) is 0 Å². The standard InChI is InChI=1S/C5H2/c1-2-5-3-4-5/h3-4H. The summed E-state index contributed by atoms with van der Waals surface area (Å²) in [4.78, 5) is 0. The highest BCUT2D eigenvalue weighted by Gasteiger charge is 2.00. The highest BCUT2D eigenvalue weighted by Crippen LogP contribution is 2.00. The molecule has 0 aromatic heterocycles. The molecule has 22 valence electrons. The molecular weight excluding hydrogens is 60.1 g/mol. The lowest BCUT2D eigenvalue weighted by Crippen LogP contribution is -1.34. The zero-order valence-electron chi connectivity index (χ0n) is 2.65. The van der Waals surface area contributed by atoms with Crippen molar-refractivity contribution in [3.05, 3.63) is 24.1 Å². The zero-order valence-corrected chi connectivity index (χ0v) is 2.65. The highest BCUT2D eigenvalue weighted by atomic mass is 13.9. The summed E-state index contributed by atoms with van der Waals surface area (Å²) < 4.78 is 0. The lowest BCUT2D eigenvalue weighted by atomic mass is 10.6. The van der Waals surface area contributed by atoms with E-state index < -0.39 is 0 Å². The van der Waals surface area contributed by atoms with Gasteiger partial charge in [-0.3, -0.25) is 6.42 Å². The molecule has 0 unspecified atom stereocenters. The summed E-state index contributed by atoms with van der Waals surface area (Å²) in [6, 6.07) is 3.68. The largest absolute Gasteiger partial charge is 0.258 e. The predicted octanol–water partition coefficient (Wildman–Crippen LogP) is 0.781. The average Bonchev–Trinajstić information content (AvgIpc) is 2.12. The van der Waals surface area contributed by atoms with Crippen molar-refractivity contribution in [2.75, 3.05) is 0 Å². The topological polar surface area (TPSA) is 0 Å². The van der Waals surface area contributed by atoms with Crippen LogP contribution in [0.3, 0.4) is 0 Å². The average molecular weight is 62.1 g/mol. The molecule has 0 bridgehead atoms. The van der Waals surface area contributed by atoms with Crippen LogP contribution in [0.5, 0.6) is 0 Å². The molecule has 0 aliphatic rings. The Kier molecular flexibility index (Phi) is 0.269. The molecule has 0 amide bonds. The molecule has 0 atom stereocenters. The van der Waals surface area contributed by atoms with Crippen LogP contribution in [0.25, 0.3) is 0 Å². The predicted molar refractivity (Wildman–Crippen MR) is 19.5 cm³/mol. The van der Waals surface area contributed by atoms with Gasteiger partial charge >= 0.3 is 0 Å². The van der Waals surface area contributed by atoms with Gasteiger partial charge in [-0.05, 0) is 5.92 Å². The molecule has 1 rings (SSSR count). The van der Waals surface area contributed by atoms with Crippen molar-refractivity contribution < 1.29 is 0 Å². The molecule has 5 heavy (non-hydrogen) atoms. The second-order valence-corrected chi connectivity index (χ2v) is 0.914. The second-order valence-electron chi connectivity index (χ2n) is 0.914. The van der Waals surface area contributed by atoms with Crippen LogP contribution in [0.2, 0.25) is 0 Å². The van der Waals surface area contributed by atoms with Gasteiger partial charge < -0.3 is 0 Å². The first-order valence-corrected chi connectivity index (χ1v) is 1.41. The van der Waals surface area contributed by atoms with Crippen molar-refractivity contribution in [3.63, 3.8) is 0 Å².